The SMILES string of the molecule is CCOc1ccc(OCC)c(/C=N\NC(N)=O)c1. The third kappa shape index (κ3) is 4.32. The molecule has 1 rings (SSSR count). The first-order valence-corrected chi connectivity index (χ1v) is 5.65. The van der Waals surface area contributed by atoms with E-state index in [0.717, 1.165) is 0 Å². The van der Waals surface area contributed by atoms with Crippen LogP contribution in [0.4, 0.5) is 4.79 Å². The van der Waals surface area contributed by atoms with Crippen molar-refractivity contribution >= 4 is 12.2 Å². The first-order chi connectivity index (χ1) is 8.67. The van der Waals surface area contributed by atoms with Gasteiger partial charge < -0.3 is 15.2 Å². The third-order valence-electron chi connectivity index (χ3n) is 1.97. The Balaban J connectivity index is 2.91. The maximum Gasteiger partial charge on any atom is 0.332 e. The van der Waals surface area contributed by atoms with Crippen LogP contribution in [0.2, 0.25) is 0 Å². The maximum absolute atomic E-state index is 10.5. The van der Waals surface area contributed by atoms with Crippen LogP contribution < -0.4 is 20.6 Å². The molecule has 0 atom stereocenters. The Bertz CT molecular complexity index is 433. The van der Waals surface area contributed by atoms with Crippen LogP contribution in [0.25, 0.3) is 0 Å². The Morgan fingerprint density at radius 3 is 2.72 bits per heavy atom. The highest BCUT2D eigenvalue weighted by Crippen LogP contribution is 2.22. The van der Waals surface area contributed by atoms with Crippen LogP contribution in [0.15, 0.2) is 23.3 Å². The molecule has 0 radical (unpaired) electrons. The highest BCUT2D eigenvalue weighted by Gasteiger charge is 2.03. The van der Waals surface area contributed by atoms with Crippen LogP contribution in [-0.4, -0.2) is 25.5 Å². The van der Waals surface area contributed by atoms with Crippen LogP contribution in [0, 0.1) is 0 Å². The molecule has 0 saturated carbocycles. The smallest absolute Gasteiger partial charge is 0.332 e. The fourth-order valence-corrected chi connectivity index (χ4v) is 1.34. The Hall–Kier alpha value is -2.24. The summed E-state index contributed by atoms with van der Waals surface area (Å²) in [6, 6.07) is 4.67. The predicted molar refractivity (Wildman–Crippen MR) is 69.1 cm³/mol. The number of benzene rings is 1. The van der Waals surface area contributed by atoms with Gasteiger partial charge in [-0.3, -0.25) is 0 Å². The lowest BCUT2D eigenvalue weighted by Gasteiger charge is -2.09. The second-order valence-electron chi connectivity index (χ2n) is 3.30. The fourth-order valence-electron chi connectivity index (χ4n) is 1.34. The zero-order valence-electron chi connectivity index (χ0n) is 10.5. The molecule has 1 aromatic rings. The lowest BCUT2D eigenvalue weighted by atomic mass is 10.2. The van der Waals surface area contributed by atoms with Crippen LogP contribution >= 0.6 is 0 Å². The summed E-state index contributed by atoms with van der Waals surface area (Å²) in [5, 5.41) is 3.70. The van der Waals surface area contributed by atoms with Gasteiger partial charge in [0.15, 0.2) is 0 Å². The molecule has 0 spiro atoms. The van der Waals surface area contributed by atoms with Gasteiger partial charge in [0, 0.05) is 5.56 Å². The van der Waals surface area contributed by atoms with E-state index in [1.165, 1.54) is 6.21 Å². The Morgan fingerprint density at radius 1 is 1.39 bits per heavy atom. The van der Waals surface area contributed by atoms with Crippen molar-refractivity contribution in [1.82, 2.24) is 5.43 Å². The number of hydrazone groups is 1. The maximum atomic E-state index is 10.5. The number of nitrogens with zero attached hydrogens (tertiary/aromatic N) is 1. The standard InChI is InChI=1S/C12H17N3O3/c1-3-17-10-5-6-11(18-4-2)9(7-10)8-14-15-12(13)16/h5-8H,3-4H2,1-2H3,(H3,13,15,16)/b14-8-. The van der Waals surface area contributed by atoms with E-state index in [9.17, 15) is 4.79 Å². The van der Waals surface area contributed by atoms with E-state index in [1.807, 2.05) is 19.9 Å². The average molecular weight is 251 g/mol. The van der Waals surface area contributed by atoms with Gasteiger partial charge in [-0.1, -0.05) is 0 Å². The molecule has 0 aromatic heterocycles. The minimum atomic E-state index is -0.717. The zero-order chi connectivity index (χ0) is 13.4. The van der Waals surface area contributed by atoms with Crippen LogP contribution in [0.3, 0.4) is 0 Å². The van der Waals surface area contributed by atoms with Gasteiger partial charge in [0.05, 0.1) is 19.4 Å². The number of nitrogens with one attached hydrogen (secondary N) is 1. The number of nitrogens with two attached hydrogens (primary N) is 1. The zero-order valence-corrected chi connectivity index (χ0v) is 10.5. The number of hydrogen-bond donors (Lipinski definition) is 2. The minimum absolute atomic E-state index is 0.540. The van der Waals surface area contributed by atoms with Crippen molar-refractivity contribution in [3.8, 4) is 11.5 Å². The summed E-state index contributed by atoms with van der Waals surface area (Å²) in [5.41, 5.74) is 7.74. The number of hydrogen-bond acceptors (Lipinski definition) is 4. The van der Waals surface area contributed by atoms with Gasteiger partial charge in [0.25, 0.3) is 0 Å². The topological polar surface area (TPSA) is 85.9 Å². The normalized spacial score (nSPS) is 10.3. The molecule has 6 nitrogen and oxygen atoms in total. The van der Waals surface area contributed by atoms with Gasteiger partial charge in [0.2, 0.25) is 0 Å². The van der Waals surface area contributed by atoms with Gasteiger partial charge in [-0.15, -0.1) is 0 Å². The molecule has 0 unspecified atom stereocenters. The Morgan fingerprint density at radius 2 is 2.11 bits per heavy atom. The lowest BCUT2D eigenvalue weighted by molar-refractivity contribution is 0.249. The van der Waals surface area contributed by atoms with E-state index in [0.29, 0.717) is 30.3 Å². The summed E-state index contributed by atoms with van der Waals surface area (Å²) in [5.74, 6) is 1.37. The number of urea groups is 1. The largest absolute Gasteiger partial charge is 0.494 e. The number of primary amides is 1. The van der Waals surface area contributed by atoms with Crippen molar-refractivity contribution in [3.63, 3.8) is 0 Å². The fraction of sp³-hybridized carbons (Fsp3) is 0.333. The molecule has 0 heterocycles. The van der Waals surface area contributed by atoms with Crippen LogP contribution in [0.5, 0.6) is 11.5 Å². The van der Waals surface area contributed by atoms with E-state index in [2.05, 4.69) is 10.5 Å². The molecule has 0 saturated heterocycles. The van der Waals surface area contributed by atoms with E-state index < -0.39 is 6.03 Å². The molecule has 6 heteroatoms. The third-order valence-corrected chi connectivity index (χ3v) is 1.97. The Kier molecular flexibility index (Phi) is 5.50. The van der Waals surface area contributed by atoms with Crippen LogP contribution in [0.1, 0.15) is 19.4 Å². The van der Waals surface area contributed by atoms with Gasteiger partial charge in [-0.25, -0.2) is 10.2 Å². The van der Waals surface area contributed by atoms with E-state index in [4.69, 9.17) is 15.2 Å². The highest BCUT2D eigenvalue weighted by molar-refractivity contribution is 5.85. The minimum Gasteiger partial charge on any atom is -0.494 e. The predicted octanol–water partition coefficient (Wildman–Crippen LogP) is 1.49. The molecule has 0 aliphatic rings. The number of carbonyl (C=O) groups is 1. The van der Waals surface area contributed by atoms with Gasteiger partial charge in [0.1, 0.15) is 11.5 Å². The number of ether oxygens (including phenoxy) is 2. The van der Waals surface area contributed by atoms with Crippen molar-refractivity contribution in [2.75, 3.05) is 13.2 Å². The van der Waals surface area contributed by atoms with Crippen molar-refractivity contribution in [1.29, 1.82) is 0 Å². The molecule has 98 valence electrons. The van der Waals surface area contributed by atoms with Crippen molar-refractivity contribution in [2.45, 2.75) is 13.8 Å². The van der Waals surface area contributed by atoms with Crippen LogP contribution in [-0.2, 0) is 0 Å². The summed E-state index contributed by atoms with van der Waals surface area (Å²) >= 11 is 0. The highest BCUT2D eigenvalue weighted by atomic mass is 16.5. The van der Waals surface area contributed by atoms with Gasteiger partial charge in [-0.2, -0.15) is 5.10 Å². The molecule has 0 aliphatic carbocycles. The molecular formula is C12H17N3O3. The monoisotopic (exact) mass is 251 g/mol. The summed E-state index contributed by atoms with van der Waals surface area (Å²) < 4.78 is 10.8. The van der Waals surface area contributed by atoms with Gasteiger partial charge in [-0.05, 0) is 32.0 Å². The second kappa shape index (κ2) is 7.16. The van der Waals surface area contributed by atoms with Crippen molar-refractivity contribution in [2.24, 2.45) is 10.8 Å². The quantitative estimate of drug-likeness (QED) is 0.593. The van der Waals surface area contributed by atoms with E-state index in [-0.39, 0.29) is 0 Å². The molecule has 3 N–H and O–H groups in total. The molecular weight excluding hydrogens is 234 g/mol. The molecule has 1 aromatic carbocycles. The number of carbonyl (C=O) groups excluding carboxylic acids is 1. The molecule has 0 bridgehead atoms. The molecule has 0 fully saturated rings. The summed E-state index contributed by atoms with van der Waals surface area (Å²) in [7, 11) is 0. The van der Waals surface area contributed by atoms with E-state index >= 15 is 0 Å². The summed E-state index contributed by atoms with van der Waals surface area (Å²) in [6.45, 7) is 4.90. The van der Waals surface area contributed by atoms with Crippen molar-refractivity contribution in [3.05, 3.63) is 23.8 Å². The average Bonchev–Trinajstić information content (AvgIpc) is 2.32. The molecule has 0 aliphatic heterocycles. The lowest BCUT2D eigenvalue weighted by Crippen LogP contribution is -2.24. The van der Waals surface area contributed by atoms with Crippen molar-refractivity contribution < 1.29 is 14.3 Å². The summed E-state index contributed by atoms with van der Waals surface area (Å²) in [4.78, 5) is 10.5. The summed E-state index contributed by atoms with van der Waals surface area (Å²) in [6.07, 6.45) is 1.46. The Labute approximate surface area is 106 Å². The molecule has 18 heavy (non-hydrogen) atoms. The number of rotatable bonds is 6. The first-order valence-electron chi connectivity index (χ1n) is 5.65. The first kappa shape index (κ1) is 13.8. The molecule has 2 amide bonds. The second-order valence-corrected chi connectivity index (χ2v) is 3.30. The van der Waals surface area contributed by atoms with E-state index in [1.54, 1.807) is 12.1 Å². The van der Waals surface area contributed by atoms with Gasteiger partial charge >= 0.3 is 6.03 Å². The number of amides is 2.